The molecule has 0 aromatic heterocycles. The summed E-state index contributed by atoms with van der Waals surface area (Å²) in [7, 11) is 3.89. The molecule has 0 aliphatic carbocycles. The number of likely N-dealkylation sites (tertiary alicyclic amines) is 1. The van der Waals surface area contributed by atoms with Crippen molar-refractivity contribution in [1.82, 2.24) is 15.1 Å². The van der Waals surface area contributed by atoms with E-state index in [0.29, 0.717) is 6.04 Å². The zero-order valence-electron chi connectivity index (χ0n) is 13.4. The molecule has 1 aliphatic heterocycles. The fraction of sp³-hybridized carbons (Fsp3) is 0.588. The lowest BCUT2D eigenvalue weighted by atomic mass is 10.1. The van der Waals surface area contributed by atoms with Crippen molar-refractivity contribution >= 4 is 5.91 Å². The molecule has 0 saturated carbocycles. The van der Waals surface area contributed by atoms with Crippen LogP contribution in [0.2, 0.25) is 0 Å². The molecule has 4 nitrogen and oxygen atoms in total. The predicted octanol–water partition coefficient (Wildman–Crippen LogP) is 1.89. The van der Waals surface area contributed by atoms with E-state index in [1.807, 2.05) is 49.3 Å². The first-order chi connectivity index (χ1) is 10.1. The fourth-order valence-electron chi connectivity index (χ4n) is 2.98. The van der Waals surface area contributed by atoms with Gasteiger partial charge in [0.25, 0.3) is 0 Å². The van der Waals surface area contributed by atoms with Crippen molar-refractivity contribution in [3.8, 4) is 0 Å². The van der Waals surface area contributed by atoms with Gasteiger partial charge in [0.15, 0.2) is 0 Å². The number of benzene rings is 1. The van der Waals surface area contributed by atoms with Crippen molar-refractivity contribution < 1.29 is 4.79 Å². The first-order valence-corrected chi connectivity index (χ1v) is 7.82. The van der Waals surface area contributed by atoms with E-state index in [1.54, 1.807) is 0 Å². The molecular weight excluding hydrogens is 262 g/mol. The number of nitrogens with zero attached hydrogens (tertiary/aromatic N) is 2. The minimum atomic E-state index is -0.225. The van der Waals surface area contributed by atoms with Crippen molar-refractivity contribution in [3.05, 3.63) is 35.9 Å². The molecule has 2 atom stereocenters. The molecule has 1 aliphatic rings. The maximum Gasteiger partial charge on any atom is 0.241 e. The van der Waals surface area contributed by atoms with E-state index < -0.39 is 0 Å². The number of amides is 1. The van der Waals surface area contributed by atoms with Crippen molar-refractivity contribution in [3.63, 3.8) is 0 Å². The van der Waals surface area contributed by atoms with Crippen LogP contribution in [0.15, 0.2) is 30.3 Å². The highest BCUT2D eigenvalue weighted by atomic mass is 16.2. The van der Waals surface area contributed by atoms with Crippen LogP contribution >= 0.6 is 0 Å². The molecule has 1 aromatic carbocycles. The molecule has 1 aromatic rings. The van der Waals surface area contributed by atoms with Gasteiger partial charge in [-0.3, -0.25) is 14.6 Å². The Hall–Kier alpha value is -1.39. The quantitative estimate of drug-likeness (QED) is 0.868. The second kappa shape index (κ2) is 7.57. The SMILES string of the molecule is C[C@@H](CNC(=O)[C@@H](c1ccccc1)N(C)C)N1CCCC1. The van der Waals surface area contributed by atoms with Gasteiger partial charge < -0.3 is 5.32 Å². The summed E-state index contributed by atoms with van der Waals surface area (Å²) < 4.78 is 0. The van der Waals surface area contributed by atoms with Crippen LogP contribution in [-0.2, 0) is 4.79 Å². The van der Waals surface area contributed by atoms with Crippen LogP contribution in [0.25, 0.3) is 0 Å². The number of carbonyl (C=O) groups excluding carboxylic acids is 1. The molecule has 21 heavy (non-hydrogen) atoms. The van der Waals surface area contributed by atoms with Gasteiger partial charge >= 0.3 is 0 Å². The molecule has 1 heterocycles. The Bertz CT molecular complexity index is 441. The Kier molecular flexibility index (Phi) is 5.76. The summed E-state index contributed by atoms with van der Waals surface area (Å²) in [6.45, 7) is 5.23. The average Bonchev–Trinajstić information content (AvgIpc) is 3.00. The second-order valence-corrected chi connectivity index (χ2v) is 6.11. The topological polar surface area (TPSA) is 35.6 Å². The molecule has 0 radical (unpaired) electrons. The third kappa shape index (κ3) is 4.29. The minimum Gasteiger partial charge on any atom is -0.353 e. The van der Waals surface area contributed by atoms with Gasteiger partial charge in [-0.2, -0.15) is 0 Å². The van der Waals surface area contributed by atoms with Crippen LogP contribution in [0.3, 0.4) is 0 Å². The molecule has 1 amide bonds. The number of likely N-dealkylation sites (N-methyl/N-ethyl adjacent to an activating group) is 1. The van der Waals surface area contributed by atoms with E-state index in [-0.39, 0.29) is 11.9 Å². The maximum absolute atomic E-state index is 12.5. The van der Waals surface area contributed by atoms with E-state index in [0.717, 1.165) is 25.2 Å². The highest BCUT2D eigenvalue weighted by Gasteiger charge is 2.24. The van der Waals surface area contributed by atoms with Crippen molar-refractivity contribution in [2.24, 2.45) is 0 Å². The van der Waals surface area contributed by atoms with Gasteiger partial charge in [-0.15, -0.1) is 0 Å². The Morgan fingerprint density at radius 3 is 2.43 bits per heavy atom. The molecule has 1 saturated heterocycles. The zero-order valence-corrected chi connectivity index (χ0v) is 13.4. The van der Waals surface area contributed by atoms with Gasteiger partial charge in [0.1, 0.15) is 6.04 Å². The lowest BCUT2D eigenvalue weighted by molar-refractivity contribution is -0.126. The van der Waals surface area contributed by atoms with E-state index in [1.165, 1.54) is 12.8 Å². The van der Waals surface area contributed by atoms with Crippen LogP contribution < -0.4 is 5.32 Å². The van der Waals surface area contributed by atoms with Crippen molar-refractivity contribution in [2.75, 3.05) is 33.7 Å². The standard InChI is InChI=1S/C17H27N3O/c1-14(20-11-7-8-12-20)13-18-17(21)16(19(2)3)15-9-5-4-6-10-15/h4-6,9-10,14,16H,7-8,11-13H2,1-3H3,(H,18,21)/t14-,16+/m0/s1. The van der Waals surface area contributed by atoms with Gasteiger partial charge in [-0.1, -0.05) is 30.3 Å². The first kappa shape index (κ1) is 16.0. The van der Waals surface area contributed by atoms with Crippen molar-refractivity contribution in [1.29, 1.82) is 0 Å². The number of rotatable bonds is 6. The van der Waals surface area contributed by atoms with Gasteiger partial charge in [0, 0.05) is 12.6 Å². The lowest BCUT2D eigenvalue weighted by Gasteiger charge is -2.27. The highest BCUT2D eigenvalue weighted by molar-refractivity contribution is 5.83. The van der Waals surface area contributed by atoms with Crippen LogP contribution in [0, 0.1) is 0 Å². The summed E-state index contributed by atoms with van der Waals surface area (Å²) >= 11 is 0. The Labute approximate surface area is 128 Å². The van der Waals surface area contributed by atoms with Crippen LogP contribution in [0.5, 0.6) is 0 Å². The summed E-state index contributed by atoms with van der Waals surface area (Å²) in [5.41, 5.74) is 1.04. The molecule has 116 valence electrons. The third-order valence-corrected chi connectivity index (χ3v) is 4.22. The number of hydrogen-bond acceptors (Lipinski definition) is 3. The van der Waals surface area contributed by atoms with Gasteiger partial charge in [-0.05, 0) is 52.5 Å². The molecule has 0 unspecified atom stereocenters. The first-order valence-electron chi connectivity index (χ1n) is 7.82. The van der Waals surface area contributed by atoms with E-state index >= 15 is 0 Å². The molecule has 1 N–H and O–H groups in total. The molecule has 4 heteroatoms. The minimum absolute atomic E-state index is 0.0808. The Morgan fingerprint density at radius 1 is 1.24 bits per heavy atom. The lowest BCUT2D eigenvalue weighted by Crippen LogP contribution is -2.44. The zero-order chi connectivity index (χ0) is 15.2. The average molecular weight is 289 g/mol. The maximum atomic E-state index is 12.5. The molecule has 1 fully saturated rings. The van der Waals surface area contributed by atoms with Gasteiger partial charge in [-0.25, -0.2) is 0 Å². The van der Waals surface area contributed by atoms with Gasteiger partial charge in [0.2, 0.25) is 5.91 Å². The number of hydrogen-bond donors (Lipinski definition) is 1. The molecule has 2 rings (SSSR count). The highest BCUT2D eigenvalue weighted by Crippen LogP contribution is 2.18. The van der Waals surface area contributed by atoms with E-state index in [9.17, 15) is 4.79 Å². The third-order valence-electron chi connectivity index (χ3n) is 4.22. The Morgan fingerprint density at radius 2 is 1.86 bits per heavy atom. The monoisotopic (exact) mass is 289 g/mol. The van der Waals surface area contributed by atoms with E-state index in [2.05, 4.69) is 17.1 Å². The van der Waals surface area contributed by atoms with Crippen molar-refractivity contribution in [2.45, 2.75) is 31.8 Å². The molecule has 0 bridgehead atoms. The fourth-order valence-corrected chi connectivity index (χ4v) is 2.98. The summed E-state index contributed by atoms with van der Waals surface area (Å²) in [4.78, 5) is 16.9. The second-order valence-electron chi connectivity index (χ2n) is 6.11. The van der Waals surface area contributed by atoms with Crippen LogP contribution in [0.1, 0.15) is 31.4 Å². The number of nitrogens with one attached hydrogen (secondary N) is 1. The van der Waals surface area contributed by atoms with E-state index in [4.69, 9.17) is 0 Å². The summed E-state index contributed by atoms with van der Waals surface area (Å²) in [6, 6.07) is 10.1. The molecular formula is C17H27N3O. The van der Waals surface area contributed by atoms with Crippen LogP contribution in [-0.4, -0.2) is 55.5 Å². The summed E-state index contributed by atoms with van der Waals surface area (Å²) in [5.74, 6) is 0.0808. The summed E-state index contributed by atoms with van der Waals surface area (Å²) in [6.07, 6.45) is 2.56. The Balaban J connectivity index is 1.93. The van der Waals surface area contributed by atoms with Crippen LogP contribution in [0.4, 0.5) is 0 Å². The van der Waals surface area contributed by atoms with Gasteiger partial charge in [0.05, 0.1) is 0 Å². The smallest absolute Gasteiger partial charge is 0.241 e. The largest absolute Gasteiger partial charge is 0.353 e. The predicted molar refractivity (Wildman–Crippen MR) is 86.1 cm³/mol. The number of carbonyl (C=O) groups is 1. The summed E-state index contributed by atoms with van der Waals surface area (Å²) in [5, 5.41) is 3.12. The molecule has 0 spiro atoms. The normalized spacial score (nSPS) is 18.7.